The van der Waals surface area contributed by atoms with Crippen LogP contribution in [-0.4, -0.2) is 30.2 Å². The van der Waals surface area contributed by atoms with Gasteiger partial charge < -0.3 is 15.2 Å². The Morgan fingerprint density at radius 3 is 2.00 bits per heavy atom. The second-order valence-corrected chi connectivity index (χ2v) is 6.31. The Labute approximate surface area is 109 Å². The van der Waals surface area contributed by atoms with Crippen LogP contribution in [0.25, 0.3) is 0 Å². The van der Waals surface area contributed by atoms with E-state index in [0.29, 0.717) is 0 Å². The molecule has 0 aliphatic carbocycles. The lowest BCUT2D eigenvalue weighted by molar-refractivity contribution is -0.159. The normalized spacial score (nSPS) is 13.9. The molecule has 0 spiro atoms. The maximum atomic E-state index is 11.5. The number of carbonyl (C=O) groups excluding carboxylic acids is 2. The Hall–Kier alpha value is -1.10. The van der Waals surface area contributed by atoms with Crippen LogP contribution >= 0.6 is 0 Å². The van der Waals surface area contributed by atoms with E-state index >= 15 is 0 Å². The molecule has 18 heavy (non-hydrogen) atoms. The van der Waals surface area contributed by atoms with E-state index in [9.17, 15) is 9.59 Å². The summed E-state index contributed by atoms with van der Waals surface area (Å²) in [5.41, 5.74) is 4.55. The maximum absolute atomic E-state index is 11.5. The lowest BCUT2D eigenvalue weighted by Gasteiger charge is -2.22. The van der Waals surface area contributed by atoms with Crippen LogP contribution in [-0.2, 0) is 19.1 Å². The first-order valence-electron chi connectivity index (χ1n) is 6.09. The topological polar surface area (TPSA) is 78.6 Å². The van der Waals surface area contributed by atoms with E-state index in [4.69, 9.17) is 15.2 Å². The van der Waals surface area contributed by atoms with E-state index in [1.54, 1.807) is 41.5 Å². The van der Waals surface area contributed by atoms with Gasteiger partial charge in [-0.1, -0.05) is 0 Å². The van der Waals surface area contributed by atoms with Crippen molar-refractivity contribution >= 4 is 11.9 Å². The highest BCUT2D eigenvalue weighted by Crippen LogP contribution is 2.15. The van der Waals surface area contributed by atoms with Gasteiger partial charge in [0.2, 0.25) is 0 Å². The first kappa shape index (κ1) is 16.9. The average molecular weight is 259 g/mol. The fourth-order valence-electron chi connectivity index (χ4n) is 0.990. The predicted molar refractivity (Wildman–Crippen MR) is 68.9 cm³/mol. The Morgan fingerprint density at radius 1 is 1.11 bits per heavy atom. The monoisotopic (exact) mass is 259 g/mol. The van der Waals surface area contributed by atoms with Crippen LogP contribution in [0.4, 0.5) is 0 Å². The lowest BCUT2D eigenvalue weighted by atomic mass is 9.97. The van der Waals surface area contributed by atoms with E-state index in [0.717, 1.165) is 0 Å². The summed E-state index contributed by atoms with van der Waals surface area (Å²) in [5.74, 6) is -0.784. The van der Waals surface area contributed by atoms with Gasteiger partial charge in [0.25, 0.3) is 0 Å². The minimum absolute atomic E-state index is 0.122. The summed E-state index contributed by atoms with van der Waals surface area (Å²) in [5, 5.41) is 0. The second-order valence-electron chi connectivity index (χ2n) is 6.31. The number of carbonyl (C=O) groups is 2. The molecule has 0 unspecified atom stereocenters. The summed E-state index contributed by atoms with van der Waals surface area (Å²) in [4.78, 5) is 23.0. The molecule has 0 aliphatic rings. The molecule has 1 atom stereocenters. The number of esters is 2. The summed E-state index contributed by atoms with van der Waals surface area (Å²) < 4.78 is 10.2. The summed E-state index contributed by atoms with van der Waals surface area (Å²) in [6.07, 6.45) is 0.261. The van der Waals surface area contributed by atoms with E-state index in [1.165, 1.54) is 0 Å². The first-order valence-corrected chi connectivity index (χ1v) is 6.09. The van der Waals surface area contributed by atoms with Crippen LogP contribution in [0.2, 0.25) is 0 Å². The van der Waals surface area contributed by atoms with E-state index in [1.807, 2.05) is 0 Å². The van der Waals surface area contributed by atoms with E-state index < -0.39 is 23.0 Å². The third kappa shape index (κ3) is 7.27. The molecule has 0 aliphatic heterocycles. The molecule has 0 bridgehead atoms. The molecule has 0 radical (unpaired) electrons. The number of hydrogen-bond acceptors (Lipinski definition) is 5. The zero-order valence-corrected chi connectivity index (χ0v) is 12.2. The SMILES string of the molecule is CC(C)(C)OC(=O)[C@@H](N)CCOC(=O)C(C)(C)C. The van der Waals surface area contributed by atoms with Crippen LogP contribution in [0, 0.1) is 5.41 Å². The molecule has 0 aromatic rings. The number of ether oxygens (including phenoxy) is 2. The predicted octanol–water partition coefficient (Wildman–Crippen LogP) is 1.63. The molecule has 0 saturated heterocycles. The highest BCUT2D eigenvalue weighted by atomic mass is 16.6. The van der Waals surface area contributed by atoms with Crippen molar-refractivity contribution in [2.75, 3.05) is 6.61 Å². The van der Waals surface area contributed by atoms with Gasteiger partial charge in [-0.15, -0.1) is 0 Å². The minimum Gasteiger partial charge on any atom is -0.465 e. The van der Waals surface area contributed by atoms with Gasteiger partial charge in [-0.3, -0.25) is 9.59 Å². The van der Waals surface area contributed by atoms with Crippen molar-refractivity contribution in [2.45, 2.75) is 59.6 Å². The van der Waals surface area contributed by atoms with Gasteiger partial charge >= 0.3 is 11.9 Å². The summed E-state index contributed by atoms with van der Waals surface area (Å²) >= 11 is 0. The van der Waals surface area contributed by atoms with Gasteiger partial charge in [-0.05, 0) is 41.5 Å². The molecule has 106 valence electrons. The Kier molecular flexibility index (Phi) is 5.80. The molecule has 5 heteroatoms. The molecule has 5 nitrogen and oxygen atoms in total. The Balaban J connectivity index is 4.02. The van der Waals surface area contributed by atoms with Gasteiger partial charge in [0.1, 0.15) is 11.6 Å². The third-order valence-electron chi connectivity index (χ3n) is 1.98. The molecule has 0 heterocycles. The van der Waals surface area contributed by atoms with Gasteiger partial charge in [0.15, 0.2) is 0 Å². The van der Waals surface area contributed by atoms with Crippen molar-refractivity contribution in [3.63, 3.8) is 0 Å². The van der Waals surface area contributed by atoms with Crippen LogP contribution in [0.15, 0.2) is 0 Å². The summed E-state index contributed by atoms with van der Waals surface area (Å²) in [6.45, 7) is 10.7. The zero-order valence-electron chi connectivity index (χ0n) is 12.2. The van der Waals surface area contributed by atoms with Crippen molar-refractivity contribution in [3.05, 3.63) is 0 Å². The van der Waals surface area contributed by atoms with Crippen molar-refractivity contribution in [1.29, 1.82) is 0 Å². The molecule has 2 N–H and O–H groups in total. The smallest absolute Gasteiger partial charge is 0.323 e. The van der Waals surface area contributed by atoms with Crippen LogP contribution in [0.3, 0.4) is 0 Å². The largest absolute Gasteiger partial charge is 0.465 e. The molecule has 0 fully saturated rings. The fraction of sp³-hybridized carbons (Fsp3) is 0.846. The highest BCUT2D eigenvalue weighted by Gasteiger charge is 2.25. The number of rotatable bonds is 4. The van der Waals surface area contributed by atoms with Crippen LogP contribution in [0.5, 0.6) is 0 Å². The third-order valence-corrected chi connectivity index (χ3v) is 1.98. The van der Waals surface area contributed by atoms with Gasteiger partial charge in [-0.2, -0.15) is 0 Å². The van der Waals surface area contributed by atoms with Gasteiger partial charge in [0.05, 0.1) is 12.0 Å². The minimum atomic E-state index is -0.767. The van der Waals surface area contributed by atoms with Crippen molar-refractivity contribution in [2.24, 2.45) is 11.1 Å². The standard InChI is InChI=1S/C13H25NO4/c1-12(2,3)11(16)17-8-7-9(14)10(15)18-13(4,5)6/h9H,7-8,14H2,1-6H3/t9-/m0/s1. The summed E-state index contributed by atoms with van der Waals surface area (Å²) in [6, 6.07) is -0.767. The zero-order chi connectivity index (χ0) is 14.6. The number of hydrogen-bond donors (Lipinski definition) is 1. The molecular weight excluding hydrogens is 234 g/mol. The second kappa shape index (κ2) is 6.18. The van der Waals surface area contributed by atoms with Crippen molar-refractivity contribution in [3.8, 4) is 0 Å². The van der Waals surface area contributed by atoms with Crippen molar-refractivity contribution < 1.29 is 19.1 Å². The molecular formula is C13H25NO4. The lowest BCUT2D eigenvalue weighted by Crippen LogP contribution is -2.38. The van der Waals surface area contributed by atoms with Gasteiger partial charge in [-0.25, -0.2) is 0 Å². The Bertz CT molecular complexity index is 299. The Morgan fingerprint density at radius 2 is 1.61 bits per heavy atom. The fourth-order valence-corrected chi connectivity index (χ4v) is 0.990. The molecule has 0 rings (SSSR count). The maximum Gasteiger partial charge on any atom is 0.323 e. The average Bonchev–Trinajstić information content (AvgIpc) is 2.12. The molecule has 0 amide bonds. The van der Waals surface area contributed by atoms with Gasteiger partial charge in [0, 0.05) is 6.42 Å². The molecule has 0 saturated carbocycles. The number of nitrogens with two attached hydrogens (primary N) is 1. The van der Waals surface area contributed by atoms with E-state index in [-0.39, 0.29) is 19.0 Å². The first-order chi connectivity index (χ1) is 7.93. The molecule has 0 aromatic carbocycles. The van der Waals surface area contributed by atoms with Crippen LogP contribution in [0.1, 0.15) is 48.0 Å². The highest BCUT2D eigenvalue weighted by molar-refractivity contribution is 5.76. The summed E-state index contributed by atoms with van der Waals surface area (Å²) in [7, 11) is 0. The van der Waals surface area contributed by atoms with E-state index in [2.05, 4.69) is 0 Å². The quantitative estimate of drug-likeness (QED) is 0.776. The van der Waals surface area contributed by atoms with Crippen LogP contribution < -0.4 is 5.73 Å². The van der Waals surface area contributed by atoms with Crippen molar-refractivity contribution in [1.82, 2.24) is 0 Å². The molecule has 0 aromatic heterocycles.